The first-order valence-electron chi connectivity index (χ1n) is 4.48. The van der Waals surface area contributed by atoms with E-state index in [-0.39, 0.29) is 6.10 Å². The third kappa shape index (κ3) is 1.29. The van der Waals surface area contributed by atoms with Crippen molar-refractivity contribution in [2.75, 3.05) is 0 Å². The van der Waals surface area contributed by atoms with E-state index in [0.717, 1.165) is 0 Å². The molecule has 1 saturated heterocycles. The summed E-state index contributed by atoms with van der Waals surface area (Å²) in [5.41, 5.74) is 0. The summed E-state index contributed by atoms with van der Waals surface area (Å²) >= 11 is 0. The van der Waals surface area contributed by atoms with Gasteiger partial charge < -0.3 is 0 Å². The van der Waals surface area contributed by atoms with Crippen LogP contribution >= 0.6 is 21.6 Å². The summed E-state index contributed by atoms with van der Waals surface area (Å²) in [5, 5.41) is 0.554. The molecule has 12 heavy (non-hydrogen) atoms. The average molecular weight is 205 g/mol. The second-order valence-corrected chi connectivity index (χ2v) is 6.71. The second-order valence-electron chi connectivity index (χ2n) is 3.71. The van der Waals surface area contributed by atoms with Crippen LogP contribution < -0.4 is 5.90 Å². The van der Waals surface area contributed by atoms with Crippen LogP contribution in [0.3, 0.4) is 0 Å². The third-order valence-electron chi connectivity index (χ3n) is 2.91. The Bertz CT molecular complexity index is 170. The molecule has 2 N–H and O–H groups in total. The fraction of sp³-hybridized carbons (Fsp3) is 1.00. The van der Waals surface area contributed by atoms with Gasteiger partial charge in [-0.3, -0.25) is 4.84 Å². The molecule has 2 rings (SSSR count). The van der Waals surface area contributed by atoms with Gasteiger partial charge in [-0.15, -0.1) is 0 Å². The van der Waals surface area contributed by atoms with Crippen LogP contribution in [0.15, 0.2) is 0 Å². The van der Waals surface area contributed by atoms with Crippen molar-refractivity contribution in [2.45, 2.75) is 48.7 Å². The maximum Gasteiger partial charge on any atom is 0.107 e. The molecule has 2 unspecified atom stereocenters. The first kappa shape index (κ1) is 9.19. The molecule has 1 aliphatic heterocycles. The quantitative estimate of drug-likeness (QED) is 0.526. The van der Waals surface area contributed by atoms with E-state index in [9.17, 15) is 0 Å². The van der Waals surface area contributed by atoms with E-state index in [1.54, 1.807) is 0 Å². The summed E-state index contributed by atoms with van der Waals surface area (Å²) in [5.74, 6) is 5.35. The van der Waals surface area contributed by atoms with Crippen molar-refractivity contribution in [1.82, 2.24) is 0 Å². The van der Waals surface area contributed by atoms with Gasteiger partial charge in [0.2, 0.25) is 0 Å². The minimum atomic E-state index is 0.273. The highest BCUT2D eigenvalue weighted by Gasteiger charge is 2.50. The minimum absolute atomic E-state index is 0.273. The number of nitrogens with two attached hydrogens (primary N) is 1. The average Bonchev–Trinajstić information content (AvgIpc) is 2.63. The molecule has 4 heteroatoms. The van der Waals surface area contributed by atoms with Crippen molar-refractivity contribution >= 4 is 21.6 Å². The molecule has 0 radical (unpaired) electrons. The van der Waals surface area contributed by atoms with Gasteiger partial charge >= 0.3 is 0 Å². The maximum absolute atomic E-state index is 5.35. The molecule has 2 nitrogen and oxygen atoms in total. The molecule has 2 atom stereocenters. The zero-order chi connectivity index (χ0) is 8.60. The zero-order valence-electron chi connectivity index (χ0n) is 7.29. The lowest BCUT2D eigenvalue weighted by Gasteiger charge is -2.28. The van der Waals surface area contributed by atoms with E-state index < -0.39 is 0 Å². The van der Waals surface area contributed by atoms with Gasteiger partial charge in [0.05, 0.1) is 4.75 Å². The first-order valence-corrected chi connectivity index (χ1v) is 6.70. The Kier molecular flexibility index (Phi) is 2.61. The summed E-state index contributed by atoms with van der Waals surface area (Å²) < 4.78 is 0.360. The van der Waals surface area contributed by atoms with Crippen molar-refractivity contribution in [2.24, 2.45) is 5.90 Å². The van der Waals surface area contributed by atoms with Gasteiger partial charge in [0.25, 0.3) is 0 Å². The Labute approximate surface area is 81.3 Å². The van der Waals surface area contributed by atoms with Crippen molar-refractivity contribution in [1.29, 1.82) is 0 Å². The van der Waals surface area contributed by atoms with E-state index >= 15 is 0 Å². The Hall–Kier alpha value is 0.620. The summed E-state index contributed by atoms with van der Waals surface area (Å²) in [7, 11) is 3.94. The van der Waals surface area contributed by atoms with Crippen LogP contribution in [-0.2, 0) is 4.84 Å². The molecule has 2 fully saturated rings. The van der Waals surface area contributed by atoms with Crippen molar-refractivity contribution in [3.63, 3.8) is 0 Å². The molecule has 2 aliphatic rings. The summed E-state index contributed by atoms with van der Waals surface area (Å²) in [6, 6.07) is 0. The van der Waals surface area contributed by atoms with E-state index in [1.165, 1.54) is 25.7 Å². The number of hydrogen-bond donors (Lipinski definition) is 1. The molecule has 1 saturated carbocycles. The Morgan fingerprint density at radius 1 is 1.42 bits per heavy atom. The first-order chi connectivity index (χ1) is 5.78. The highest BCUT2D eigenvalue weighted by atomic mass is 33.1. The lowest BCUT2D eigenvalue weighted by molar-refractivity contribution is 0.0298. The molecule has 0 aromatic carbocycles. The van der Waals surface area contributed by atoms with E-state index in [0.29, 0.717) is 10.00 Å². The molecule has 0 bridgehead atoms. The maximum atomic E-state index is 5.35. The molecule has 0 aromatic rings. The van der Waals surface area contributed by atoms with Gasteiger partial charge in [-0.05, 0) is 19.8 Å². The second kappa shape index (κ2) is 3.40. The van der Waals surface area contributed by atoms with Crippen LogP contribution in [0.25, 0.3) is 0 Å². The summed E-state index contributed by atoms with van der Waals surface area (Å²) in [4.78, 5) is 5.12. The summed E-state index contributed by atoms with van der Waals surface area (Å²) in [6.07, 6.45) is 5.54. The highest BCUT2D eigenvalue weighted by molar-refractivity contribution is 8.77. The van der Waals surface area contributed by atoms with E-state index in [4.69, 9.17) is 10.7 Å². The lowest BCUT2D eigenvalue weighted by atomic mass is 9.97. The van der Waals surface area contributed by atoms with Crippen LogP contribution in [0.2, 0.25) is 0 Å². The van der Waals surface area contributed by atoms with Crippen LogP contribution in [-0.4, -0.2) is 16.1 Å². The molecular weight excluding hydrogens is 190 g/mol. The Morgan fingerprint density at radius 3 is 2.67 bits per heavy atom. The van der Waals surface area contributed by atoms with Crippen LogP contribution in [0.1, 0.15) is 32.6 Å². The Balaban J connectivity index is 2.14. The fourth-order valence-electron chi connectivity index (χ4n) is 2.27. The van der Waals surface area contributed by atoms with Crippen molar-refractivity contribution in [3.05, 3.63) is 0 Å². The normalized spacial score (nSPS) is 39.5. The largest absolute Gasteiger partial charge is 0.299 e. The van der Waals surface area contributed by atoms with Gasteiger partial charge in [0, 0.05) is 5.25 Å². The smallest absolute Gasteiger partial charge is 0.107 e. The molecular formula is C8H15NOS2. The van der Waals surface area contributed by atoms with E-state index in [2.05, 4.69) is 6.92 Å². The van der Waals surface area contributed by atoms with Crippen LogP contribution in [0.4, 0.5) is 0 Å². The highest BCUT2D eigenvalue weighted by Crippen LogP contribution is 2.59. The molecule has 0 amide bonds. The van der Waals surface area contributed by atoms with Crippen LogP contribution in [0, 0.1) is 0 Å². The molecule has 0 aromatic heterocycles. The standard InChI is InChI=1S/C8H15NOS2/c1-6-7(10-9)8(12-11-6)4-2-3-5-8/h6-7H,2-5,9H2,1H3. The number of rotatable bonds is 1. The Morgan fingerprint density at radius 2 is 2.08 bits per heavy atom. The zero-order valence-corrected chi connectivity index (χ0v) is 8.92. The summed E-state index contributed by atoms with van der Waals surface area (Å²) in [6.45, 7) is 2.21. The van der Waals surface area contributed by atoms with Crippen molar-refractivity contribution < 1.29 is 4.84 Å². The fourth-order valence-corrected chi connectivity index (χ4v) is 6.06. The number of hydrogen-bond acceptors (Lipinski definition) is 4. The van der Waals surface area contributed by atoms with E-state index in [1.807, 2.05) is 21.6 Å². The molecule has 1 aliphatic carbocycles. The monoisotopic (exact) mass is 205 g/mol. The lowest BCUT2D eigenvalue weighted by Crippen LogP contribution is -2.41. The van der Waals surface area contributed by atoms with Gasteiger partial charge in [0.15, 0.2) is 0 Å². The SMILES string of the molecule is CC1SSC2(CCCC2)C1ON. The predicted octanol–water partition coefficient (Wildman–Crippen LogP) is 2.34. The topological polar surface area (TPSA) is 35.2 Å². The van der Waals surface area contributed by atoms with Gasteiger partial charge in [-0.1, -0.05) is 34.4 Å². The van der Waals surface area contributed by atoms with Gasteiger partial charge in [-0.25, -0.2) is 5.90 Å². The van der Waals surface area contributed by atoms with Crippen LogP contribution in [0.5, 0.6) is 0 Å². The van der Waals surface area contributed by atoms with Gasteiger partial charge in [0.1, 0.15) is 6.10 Å². The molecule has 1 spiro atoms. The van der Waals surface area contributed by atoms with Crippen molar-refractivity contribution in [3.8, 4) is 0 Å². The molecule has 1 heterocycles. The van der Waals surface area contributed by atoms with Gasteiger partial charge in [-0.2, -0.15) is 0 Å². The minimum Gasteiger partial charge on any atom is -0.299 e. The third-order valence-corrected chi connectivity index (χ3v) is 6.72. The predicted molar refractivity (Wildman–Crippen MR) is 54.9 cm³/mol. The molecule has 70 valence electrons.